The smallest absolute Gasteiger partial charge is 0.314 e. The number of aliphatic carboxylic acids is 2. The highest BCUT2D eigenvalue weighted by atomic mass is 16.4. The molecule has 0 spiro atoms. The van der Waals surface area contributed by atoms with Gasteiger partial charge >= 0.3 is 11.9 Å². The van der Waals surface area contributed by atoms with Crippen molar-refractivity contribution in [1.82, 2.24) is 0 Å². The summed E-state index contributed by atoms with van der Waals surface area (Å²) in [6.45, 7) is 0. The zero-order valence-corrected chi connectivity index (χ0v) is 6.25. The monoisotopic (exact) mass is 160 g/mol. The second-order valence-electron chi connectivity index (χ2n) is 2.38. The van der Waals surface area contributed by atoms with Crippen LogP contribution in [0.2, 0.25) is 0 Å². The molecule has 0 radical (unpaired) electrons. The first-order chi connectivity index (χ1) is 5.13. The largest absolute Gasteiger partial charge is 0.481 e. The zero-order valence-electron chi connectivity index (χ0n) is 6.25. The lowest BCUT2D eigenvalue weighted by molar-refractivity contribution is -0.147. The molecule has 1 aliphatic rings. The summed E-state index contributed by atoms with van der Waals surface area (Å²) in [4.78, 5) is 18.9. The molecule has 4 nitrogen and oxygen atoms in total. The van der Waals surface area contributed by atoms with E-state index in [1.807, 2.05) is 0 Å². The lowest BCUT2D eigenvalue weighted by Crippen LogP contribution is -2.03. The molecule has 11 heavy (non-hydrogen) atoms. The molecule has 0 unspecified atom stereocenters. The van der Waals surface area contributed by atoms with Crippen molar-refractivity contribution in [2.24, 2.45) is 0 Å². The van der Waals surface area contributed by atoms with Crippen LogP contribution in [0.25, 0.3) is 0 Å². The Hall–Kier alpha value is -1.06. The van der Waals surface area contributed by atoms with Crippen LogP contribution in [-0.2, 0) is 9.59 Å². The van der Waals surface area contributed by atoms with Gasteiger partial charge in [0, 0.05) is 0 Å². The van der Waals surface area contributed by atoms with Gasteiger partial charge in [0.2, 0.25) is 0 Å². The predicted octanol–water partition coefficient (Wildman–Crippen LogP) is 1.11. The van der Waals surface area contributed by atoms with E-state index in [9.17, 15) is 9.59 Å². The van der Waals surface area contributed by atoms with Crippen LogP contribution in [0.3, 0.4) is 0 Å². The molecule has 0 amide bonds. The van der Waals surface area contributed by atoms with Crippen LogP contribution in [0, 0.1) is 0 Å². The van der Waals surface area contributed by atoms with Gasteiger partial charge in [-0.3, -0.25) is 9.59 Å². The summed E-state index contributed by atoms with van der Waals surface area (Å²) in [5.41, 5.74) is 0. The summed E-state index contributed by atoms with van der Waals surface area (Å²) in [6, 6.07) is 0. The third-order valence-corrected chi connectivity index (χ3v) is 1.30. The first-order valence-electron chi connectivity index (χ1n) is 3.56. The van der Waals surface area contributed by atoms with Gasteiger partial charge in [-0.05, 0) is 0 Å². The number of carboxylic acids is 2. The van der Waals surface area contributed by atoms with E-state index in [2.05, 4.69) is 0 Å². The fourth-order valence-corrected chi connectivity index (χ4v) is 0.379. The van der Waals surface area contributed by atoms with E-state index in [1.54, 1.807) is 0 Å². The van der Waals surface area contributed by atoms with Crippen LogP contribution in [0.4, 0.5) is 0 Å². The molecule has 0 heterocycles. The molecule has 2 N–H and O–H groups in total. The Morgan fingerprint density at radius 3 is 1.18 bits per heavy atom. The van der Waals surface area contributed by atoms with Gasteiger partial charge in [0.15, 0.2) is 0 Å². The van der Waals surface area contributed by atoms with E-state index < -0.39 is 18.4 Å². The van der Waals surface area contributed by atoms with E-state index in [4.69, 9.17) is 10.2 Å². The van der Waals surface area contributed by atoms with Crippen LogP contribution in [-0.4, -0.2) is 22.2 Å². The number of carbonyl (C=O) groups is 2. The molecule has 0 atom stereocenters. The standard InChI is InChI=1S/C4H8.C3H4O4/c1-2-4-3-1;4-2(5)1-3(6)7/h1-4H2;1H2,(H,4,5)(H,6,7). The molecule has 1 saturated carbocycles. The van der Waals surface area contributed by atoms with Gasteiger partial charge in [-0.2, -0.15) is 0 Å². The summed E-state index contributed by atoms with van der Waals surface area (Å²) in [7, 11) is 0. The molecule has 0 aromatic heterocycles. The lowest BCUT2D eigenvalue weighted by atomic mass is 10.0. The van der Waals surface area contributed by atoms with Crippen LogP contribution in [0.5, 0.6) is 0 Å². The summed E-state index contributed by atoms with van der Waals surface area (Å²) in [6.07, 6.45) is 5.19. The van der Waals surface area contributed by atoms with Crippen LogP contribution < -0.4 is 0 Å². The molecule has 1 fully saturated rings. The first kappa shape index (κ1) is 9.94. The predicted molar refractivity (Wildman–Crippen MR) is 38.4 cm³/mol. The van der Waals surface area contributed by atoms with Crippen LogP contribution in [0.15, 0.2) is 0 Å². The minimum Gasteiger partial charge on any atom is -0.481 e. The van der Waals surface area contributed by atoms with Crippen molar-refractivity contribution in [1.29, 1.82) is 0 Å². The third kappa shape index (κ3) is 8.94. The molecule has 0 saturated heterocycles. The van der Waals surface area contributed by atoms with Crippen molar-refractivity contribution in [3.05, 3.63) is 0 Å². The van der Waals surface area contributed by atoms with Gasteiger partial charge in [0.1, 0.15) is 6.42 Å². The average molecular weight is 160 g/mol. The van der Waals surface area contributed by atoms with Crippen molar-refractivity contribution < 1.29 is 19.8 Å². The maximum Gasteiger partial charge on any atom is 0.314 e. The maximum absolute atomic E-state index is 9.43. The van der Waals surface area contributed by atoms with E-state index in [0.717, 1.165) is 0 Å². The Labute approximate surface area is 64.8 Å². The van der Waals surface area contributed by atoms with Crippen molar-refractivity contribution in [2.45, 2.75) is 32.1 Å². The zero-order chi connectivity index (χ0) is 8.69. The van der Waals surface area contributed by atoms with Crippen molar-refractivity contribution in [3.63, 3.8) is 0 Å². The summed E-state index contributed by atoms with van der Waals surface area (Å²) >= 11 is 0. The second kappa shape index (κ2) is 5.70. The Kier molecular flexibility index (Phi) is 5.15. The summed E-state index contributed by atoms with van der Waals surface area (Å²) in [5, 5.41) is 15.4. The van der Waals surface area contributed by atoms with Gasteiger partial charge in [0.05, 0.1) is 0 Å². The van der Waals surface area contributed by atoms with Crippen LogP contribution >= 0.6 is 0 Å². The molecule has 0 aromatic carbocycles. The molecular weight excluding hydrogens is 148 g/mol. The maximum atomic E-state index is 9.43. The highest BCUT2D eigenvalue weighted by molar-refractivity contribution is 5.88. The Balaban J connectivity index is 0.000000207. The van der Waals surface area contributed by atoms with Crippen molar-refractivity contribution in [3.8, 4) is 0 Å². The van der Waals surface area contributed by atoms with E-state index >= 15 is 0 Å². The number of rotatable bonds is 2. The number of hydrogen-bond acceptors (Lipinski definition) is 2. The molecule has 4 heteroatoms. The first-order valence-corrected chi connectivity index (χ1v) is 3.56. The minimum atomic E-state index is -1.31. The highest BCUT2D eigenvalue weighted by Crippen LogP contribution is 2.15. The van der Waals surface area contributed by atoms with Gasteiger partial charge in [0.25, 0.3) is 0 Å². The molecule has 1 rings (SSSR count). The average Bonchev–Trinajstić information content (AvgIpc) is 1.52. The fourth-order valence-electron chi connectivity index (χ4n) is 0.379. The van der Waals surface area contributed by atoms with E-state index in [1.165, 1.54) is 25.7 Å². The molecular formula is C7H12O4. The number of hydrogen-bond donors (Lipinski definition) is 2. The van der Waals surface area contributed by atoms with E-state index in [0.29, 0.717) is 0 Å². The second-order valence-corrected chi connectivity index (χ2v) is 2.38. The van der Waals surface area contributed by atoms with Crippen molar-refractivity contribution >= 4 is 11.9 Å². The quantitative estimate of drug-likeness (QED) is 0.593. The molecule has 1 aliphatic carbocycles. The minimum absolute atomic E-state index is 0.806. The lowest BCUT2D eigenvalue weighted by Gasteiger charge is -2.05. The van der Waals surface area contributed by atoms with E-state index in [-0.39, 0.29) is 0 Å². The van der Waals surface area contributed by atoms with Gasteiger partial charge < -0.3 is 10.2 Å². The summed E-state index contributed by atoms with van der Waals surface area (Å²) in [5.74, 6) is -2.62. The molecule has 0 aromatic rings. The topological polar surface area (TPSA) is 74.6 Å². The number of carboxylic acid groups (broad SMARTS) is 2. The Bertz CT molecular complexity index is 121. The third-order valence-electron chi connectivity index (χ3n) is 1.30. The highest BCUT2D eigenvalue weighted by Gasteiger charge is 2.01. The SMILES string of the molecule is C1CCC1.O=C(O)CC(=O)O. The van der Waals surface area contributed by atoms with Crippen LogP contribution in [0.1, 0.15) is 32.1 Å². The van der Waals surface area contributed by atoms with Gasteiger partial charge in [-0.1, -0.05) is 25.7 Å². The van der Waals surface area contributed by atoms with Gasteiger partial charge in [-0.25, -0.2) is 0 Å². The Morgan fingerprint density at radius 1 is 0.909 bits per heavy atom. The molecule has 0 aliphatic heterocycles. The molecule has 64 valence electrons. The molecule has 0 bridgehead atoms. The normalized spacial score (nSPS) is 13.8. The summed E-state index contributed by atoms with van der Waals surface area (Å²) < 4.78 is 0. The fraction of sp³-hybridized carbons (Fsp3) is 0.714. The Morgan fingerprint density at radius 2 is 1.18 bits per heavy atom. The van der Waals surface area contributed by atoms with Gasteiger partial charge in [-0.15, -0.1) is 0 Å². The van der Waals surface area contributed by atoms with Crippen molar-refractivity contribution in [2.75, 3.05) is 0 Å².